The number of aromatic nitrogens is 2. The predicted octanol–water partition coefficient (Wildman–Crippen LogP) is 5.52. The maximum absolute atomic E-state index is 13.1. The van der Waals surface area contributed by atoms with Gasteiger partial charge in [-0.3, -0.25) is 9.36 Å². The van der Waals surface area contributed by atoms with Gasteiger partial charge in [-0.2, -0.15) is 0 Å². The summed E-state index contributed by atoms with van der Waals surface area (Å²) in [7, 11) is 0. The molecular formula is C24H16ClFN2O2. The third-order valence-electron chi connectivity index (χ3n) is 4.58. The molecule has 0 radical (unpaired) electrons. The van der Waals surface area contributed by atoms with Crippen molar-refractivity contribution in [2.75, 3.05) is 0 Å². The number of imidazole rings is 1. The Bertz CT molecular complexity index is 1290. The fraction of sp³-hybridized carbons (Fsp3) is 0. The first-order valence-corrected chi connectivity index (χ1v) is 9.53. The van der Waals surface area contributed by atoms with Gasteiger partial charge in [-0.05, 0) is 65.7 Å². The normalized spacial score (nSPS) is 11.1. The molecule has 30 heavy (non-hydrogen) atoms. The van der Waals surface area contributed by atoms with Crippen molar-refractivity contribution < 1.29 is 9.18 Å². The number of carbonyl (C=O) groups excluding carboxylic acids is 1. The number of aromatic amines is 1. The quantitative estimate of drug-likeness (QED) is 0.342. The van der Waals surface area contributed by atoms with Gasteiger partial charge < -0.3 is 4.98 Å². The van der Waals surface area contributed by atoms with Gasteiger partial charge in [0.15, 0.2) is 5.78 Å². The van der Waals surface area contributed by atoms with Crippen LogP contribution >= 0.6 is 11.6 Å². The third-order valence-corrected chi connectivity index (χ3v) is 4.83. The van der Waals surface area contributed by atoms with Crippen LogP contribution in [0.4, 0.5) is 4.39 Å². The van der Waals surface area contributed by atoms with Gasteiger partial charge >= 0.3 is 5.69 Å². The molecule has 1 heterocycles. The van der Waals surface area contributed by atoms with E-state index in [2.05, 4.69) is 4.98 Å². The second kappa shape index (κ2) is 8.35. The molecule has 1 aromatic heterocycles. The average molecular weight is 419 g/mol. The summed E-state index contributed by atoms with van der Waals surface area (Å²) < 4.78 is 14.6. The number of H-pyrrole nitrogens is 1. The fourth-order valence-corrected chi connectivity index (χ4v) is 3.14. The summed E-state index contributed by atoms with van der Waals surface area (Å²) in [5.74, 6) is -0.535. The van der Waals surface area contributed by atoms with E-state index in [1.54, 1.807) is 60.8 Å². The fourth-order valence-electron chi connectivity index (χ4n) is 3.01. The maximum atomic E-state index is 13.1. The van der Waals surface area contributed by atoms with Gasteiger partial charge in [0, 0.05) is 16.8 Å². The van der Waals surface area contributed by atoms with Crippen molar-refractivity contribution in [3.63, 3.8) is 0 Å². The summed E-state index contributed by atoms with van der Waals surface area (Å²) in [5, 5.41) is 0.628. The van der Waals surface area contributed by atoms with E-state index in [9.17, 15) is 14.0 Å². The molecule has 0 spiro atoms. The van der Waals surface area contributed by atoms with E-state index in [-0.39, 0.29) is 17.3 Å². The van der Waals surface area contributed by atoms with E-state index >= 15 is 0 Å². The minimum absolute atomic E-state index is 0.186. The van der Waals surface area contributed by atoms with Gasteiger partial charge in [0.25, 0.3) is 0 Å². The molecule has 148 valence electrons. The average Bonchev–Trinajstić information content (AvgIpc) is 3.15. The molecule has 3 aromatic carbocycles. The molecule has 1 N–H and O–H groups in total. The molecule has 0 aliphatic carbocycles. The van der Waals surface area contributed by atoms with Gasteiger partial charge in [-0.15, -0.1) is 0 Å². The lowest BCUT2D eigenvalue weighted by atomic mass is 10.1. The first-order chi connectivity index (χ1) is 14.5. The lowest BCUT2D eigenvalue weighted by Gasteiger charge is -2.03. The van der Waals surface area contributed by atoms with Crippen LogP contribution in [-0.4, -0.2) is 15.3 Å². The number of hydrogen-bond acceptors (Lipinski definition) is 2. The first kappa shape index (κ1) is 19.6. The Morgan fingerprint density at radius 3 is 2.47 bits per heavy atom. The van der Waals surface area contributed by atoms with Crippen LogP contribution in [0.15, 0.2) is 89.9 Å². The Hall–Kier alpha value is -3.70. The Balaban J connectivity index is 1.60. The predicted molar refractivity (Wildman–Crippen MR) is 117 cm³/mol. The van der Waals surface area contributed by atoms with Crippen LogP contribution in [-0.2, 0) is 0 Å². The molecule has 0 unspecified atom stereocenters. The molecule has 4 rings (SSSR count). The zero-order valence-corrected chi connectivity index (χ0v) is 16.4. The highest BCUT2D eigenvalue weighted by molar-refractivity contribution is 6.30. The van der Waals surface area contributed by atoms with Crippen molar-refractivity contribution in [1.82, 2.24) is 9.55 Å². The summed E-state index contributed by atoms with van der Waals surface area (Å²) >= 11 is 5.87. The monoisotopic (exact) mass is 418 g/mol. The standard InChI is InChI=1S/C24H16ClFN2O2/c25-19-9-4-16(5-10-19)6-13-23(29)18-2-1-3-21(14-18)28-15-22(27-24(28)30)17-7-11-20(26)12-8-17/h1-15H,(H,27,30). The molecule has 4 aromatic rings. The molecule has 0 aliphatic heterocycles. The second-order valence-corrected chi connectivity index (χ2v) is 7.09. The number of nitrogens with one attached hydrogen (secondary N) is 1. The topological polar surface area (TPSA) is 54.9 Å². The summed E-state index contributed by atoms with van der Waals surface area (Å²) in [6, 6.07) is 19.8. The van der Waals surface area contributed by atoms with Crippen LogP contribution < -0.4 is 5.69 Å². The highest BCUT2D eigenvalue weighted by Crippen LogP contribution is 2.19. The van der Waals surface area contributed by atoms with E-state index in [0.29, 0.717) is 27.5 Å². The Kier molecular flexibility index (Phi) is 5.46. The van der Waals surface area contributed by atoms with Crippen molar-refractivity contribution in [3.05, 3.63) is 118 Å². The van der Waals surface area contributed by atoms with E-state index in [1.807, 2.05) is 12.1 Å². The number of ketones is 1. The van der Waals surface area contributed by atoms with Crippen LogP contribution in [0.3, 0.4) is 0 Å². The SMILES string of the molecule is O=C(C=Cc1ccc(Cl)cc1)c1cccc(-n2cc(-c3ccc(F)cc3)[nH]c2=O)c1. The third kappa shape index (κ3) is 4.31. The Morgan fingerprint density at radius 2 is 1.73 bits per heavy atom. The molecule has 0 amide bonds. The smallest absolute Gasteiger partial charge is 0.305 e. The van der Waals surface area contributed by atoms with Crippen LogP contribution in [0.1, 0.15) is 15.9 Å². The summed E-state index contributed by atoms with van der Waals surface area (Å²) in [4.78, 5) is 27.7. The highest BCUT2D eigenvalue weighted by atomic mass is 35.5. The lowest BCUT2D eigenvalue weighted by molar-refractivity contribution is 0.104. The molecule has 0 fully saturated rings. The van der Waals surface area contributed by atoms with E-state index in [4.69, 9.17) is 11.6 Å². The van der Waals surface area contributed by atoms with Crippen molar-refractivity contribution in [3.8, 4) is 16.9 Å². The maximum Gasteiger partial charge on any atom is 0.330 e. The zero-order chi connectivity index (χ0) is 21.1. The number of halogens is 2. The first-order valence-electron chi connectivity index (χ1n) is 9.16. The summed E-state index contributed by atoms with van der Waals surface area (Å²) in [6.07, 6.45) is 4.81. The number of nitrogens with zero attached hydrogens (tertiary/aromatic N) is 1. The van der Waals surface area contributed by atoms with Crippen LogP contribution in [0.25, 0.3) is 23.0 Å². The van der Waals surface area contributed by atoms with Crippen LogP contribution in [0, 0.1) is 5.82 Å². The summed E-state index contributed by atoms with van der Waals surface area (Å²) in [5.41, 5.74) is 2.75. The molecule has 4 nitrogen and oxygen atoms in total. The molecule has 0 atom stereocenters. The van der Waals surface area contributed by atoms with E-state index in [1.165, 1.54) is 22.8 Å². The van der Waals surface area contributed by atoms with Crippen molar-refractivity contribution in [2.24, 2.45) is 0 Å². The van der Waals surface area contributed by atoms with Crippen LogP contribution in [0.5, 0.6) is 0 Å². The molecule has 0 bridgehead atoms. The summed E-state index contributed by atoms with van der Waals surface area (Å²) in [6.45, 7) is 0. The largest absolute Gasteiger partial charge is 0.330 e. The van der Waals surface area contributed by atoms with E-state index in [0.717, 1.165) is 5.56 Å². The van der Waals surface area contributed by atoms with Gasteiger partial charge in [-0.1, -0.05) is 41.9 Å². The number of rotatable bonds is 5. The number of benzene rings is 3. The molecular weight excluding hydrogens is 403 g/mol. The van der Waals surface area contributed by atoms with Gasteiger partial charge in [-0.25, -0.2) is 9.18 Å². The van der Waals surface area contributed by atoms with Crippen molar-refractivity contribution >= 4 is 23.5 Å². The van der Waals surface area contributed by atoms with Crippen LogP contribution in [0.2, 0.25) is 5.02 Å². The van der Waals surface area contributed by atoms with Gasteiger partial charge in [0.1, 0.15) is 5.82 Å². The minimum Gasteiger partial charge on any atom is -0.305 e. The van der Waals surface area contributed by atoms with Gasteiger partial charge in [0.05, 0.1) is 11.4 Å². The number of allylic oxidation sites excluding steroid dienone is 1. The Morgan fingerprint density at radius 1 is 1.00 bits per heavy atom. The number of hydrogen-bond donors (Lipinski definition) is 1. The van der Waals surface area contributed by atoms with E-state index < -0.39 is 0 Å². The second-order valence-electron chi connectivity index (χ2n) is 6.65. The number of carbonyl (C=O) groups is 1. The Labute approximate surface area is 176 Å². The van der Waals surface area contributed by atoms with Crippen molar-refractivity contribution in [2.45, 2.75) is 0 Å². The zero-order valence-electron chi connectivity index (χ0n) is 15.7. The minimum atomic E-state index is -0.351. The molecule has 6 heteroatoms. The lowest BCUT2D eigenvalue weighted by Crippen LogP contribution is -2.14. The highest BCUT2D eigenvalue weighted by Gasteiger charge is 2.09. The van der Waals surface area contributed by atoms with Crippen molar-refractivity contribution in [1.29, 1.82) is 0 Å². The molecule has 0 saturated carbocycles. The molecule has 0 aliphatic rings. The van der Waals surface area contributed by atoms with Gasteiger partial charge in [0.2, 0.25) is 0 Å². The molecule has 0 saturated heterocycles.